The second-order valence-electron chi connectivity index (χ2n) is 5.02. The first kappa shape index (κ1) is 13.1. The van der Waals surface area contributed by atoms with Crippen molar-refractivity contribution in [1.82, 2.24) is 10.3 Å². The van der Waals surface area contributed by atoms with Gasteiger partial charge in [0, 0.05) is 24.9 Å². The molecule has 1 aromatic heterocycles. The molecule has 0 aliphatic heterocycles. The Balaban J connectivity index is 2.39. The fourth-order valence-corrected chi connectivity index (χ4v) is 1.59. The summed E-state index contributed by atoms with van der Waals surface area (Å²) >= 11 is 0. The third-order valence-electron chi connectivity index (χ3n) is 2.35. The number of nitrogens with one attached hydrogen (secondary N) is 1. The molecule has 0 bridgehead atoms. The summed E-state index contributed by atoms with van der Waals surface area (Å²) in [6.45, 7) is 7.68. The van der Waals surface area contributed by atoms with Crippen LogP contribution in [0, 0.1) is 5.92 Å². The van der Waals surface area contributed by atoms with Crippen LogP contribution in [0.5, 0.6) is 0 Å². The highest BCUT2D eigenvalue weighted by Crippen LogP contribution is 2.10. The fraction of sp³-hybridized carbons (Fsp3) is 0.615. The SMILES string of the molecule is CC(C)CNCC(C)(O)Cc1ccccn1. The number of hydrogen-bond donors (Lipinski definition) is 2. The highest BCUT2D eigenvalue weighted by molar-refractivity contribution is 5.06. The zero-order valence-electron chi connectivity index (χ0n) is 10.4. The van der Waals surface area contributed by atoms with Gasteiger partial charge in [0.1, 0.15) is 0 Å². The van der Waals surface area contributed by atoms with Crippen LogP contribution in [0.25, 0.3) is 0 Å². The first-order chi connectivity index (χ1) is 7.49. The molecule has 16 heavy (non-hydrogen) atoms. The Morgan fingerprint density at radius 1 is 1.44 bits per heavy atom. The first-order valence-electron chi connectivity index (χ1n) is 5.82. The molecule has 1 unspecified atom stereocenters. The van der Waals surface area contributed by atoms with E-state index < -0.39 is 5.60 Å². The summed E-state index contributed by atoms with van der Waals surface area (Å²) in [5.41, 5.74) is 0.197. The van der Waals surface area contributed by atoms with Gasteiger partial charge in [-0.1, -0.05) is 19.9 Å². The third-order valence-corrected chi connectivity index (χ3v) is 2.35. The summed E-state index contributed by atoms with van der Waals surface area (Å²) in [5.74, 6) is 0.602. The molecule has 3 heteroatoms. The lowest BCUT2D eigenvalue weighted by Crippen LogP contribution is -2.41. The Kier molecular flexibility index (Phi) is 4.90. The predicted molar refractivity (Wildman–Crippen MR) is 66.3 cm³/mol. The van der Waals surface area contributed by atoms with E-state index in [0.29, 0.717) is 18.9 Å². The van der Waals surface area contributed by atoms with E-state index in [9.17, 15) is 5.11 Å². The summed E-state index contributed by atoms with van der Waals surface area (Å²) in [6.07, 6.45) is 2.34. The summed E-state index contributed by atoms with van der Waals surface area (Å²) in [6, 6.07) is 5.77. The molecule has 0 spiro atoms. The average Bonchev–Trinajstić information content (AvgIpc) is 2.17. The normalized spacial score (nSPS) is 15.1. The molecule has 0 aliphatic carbocycles. The summed E-state index contributed by atoms with van der Waals surface area (Å²) in [5, 5.41) is 13.4. The molecule has 0 saturated carbocycles. The summed E-state index contributed by atoms with van der Waals surface area (Å²) in [7, 11) is 0. The van der Waals surface area contributed by atoms with Crippen molar-refractivity contribution in [3.05, 3.63) is 30.1 Å². The molecule has 0 saturated heterocycles. The van der Waals surface area contributed by atoms with Crippen LogP contribution in [0.1, 0.15) is 26.5 Å². The van der Waals surface area contributed by atoms with Gasteiger partial charge in [0.2, 0.25) is 0 Å². The lowest BCUT2D eigenvalue weighted by molar-refractivity contribution is 0.0586. The highest BCUT2D eigenvalue weighted by Gasteiger charge is 2.20. The van der Waals surface area contributed by atoms with E-state index in [2.05, 4.69) is 24.1 Å². The number of aliphatic hydroxyl groups is 1. The topological polar surface area (TPSA) is 45.1 Å². The number of rotatable bonds is 6. The van der Waals surface area contributed by atoms with Gasteiger partial charge in [0.05, 0.1) is 5.60 Å². The largest absolute Gasteiger partial charge is 0.388 e. The van der Waals surface area contributed by atoms with Crippen LogP contribution in [0.4, 0.5) is 0 Å². The van der Waals surface area contributed by atoms with Crippen LogP contribution >= 0.6 is 0 Å². The Labute approximate surface area is 97.9 Å². The van der Waals surface area contributed by atoms with E-state index in [0.717, 1.165) is 12.2 Å². The molecule has 0 aromatic carbocycles. The quantitative estimate of drug-likeness (QED) is 0.769. The first-order valence-corrected chi connectivity index (χ1v) is 5.82. The molecule has 90 valence electrons. The number of hydrogen-bond acceptors (Lipinski definition) is 3. The standard InChI is InChI=1S/C13H22N2O/c1-11(2)9-14-10-13(3,16)8-12-6-4-5-7-15-12/h4-7,11,14,16H,8-10H2,1-3H3. The van der Waals surface area contributed by atoms with E-state index in [4.69, 9.17) is 0 Å². The number of pyridine rings is 1. The monoisotopic (exact) mass is 222 g/mol. The molecule has 3 nitrogen and oxygen atoms in total. The van der Waals surface area contributed by atoms with Gasteiger partial charge in [-0.15, -0.1) is 0 Å². The maximum absolute atomic E-state index is 10.2. The summed E-state index contributed by atoms with van der Waals surface area (Å²) < 4.78 is 0. The number of nitrogens with zero attached hydrogens (tertiary/aromatic N) is 1. The second kappa shape index (κ2) is 5.97. The van der Waals surface area contributed by atoms with E-state index in [1.54, 1.807) is 6.20 Å². The third kappa shape index (κ3) is 5.24. The van der Waals surface area contributed by atoms with E-state index in [1.807, 2.05) is 25.1 Å². The van der Waals surface area contributed by atoms with Gasteiger partial charge in [-0.2, -0.15) is 0 Å². The van der Waals surface area contributed by atoms with Crippen LogP contribution < -0.4 is 5.32 Å². The molecule has 0 aliphatic rings. The van der Waals surface area contributed by atoms with Crippen molar-refractivity contribution in [3.8, 4) is 0 Å². The minimum atomic E-state index is -0.733. The van der Waals surface area contributed by atoms with E-state index >= 15 is 0 Å². The molecule has 0 fully saturated rings. The molecule has 1 aromatic rings. The van der Waals surface area contributed by atoms with E-state index in [-0.39, 0.29) is 0 Å². The number of aromatic nitrogens is 1. The van der Waals surface area contributed by atoms with Crippen LogP contribution in [-0.2, 0) is 6.42 Å². The van der Waals surface area contributed by atoms with Crippen molar-refractivity contribution >= 4 is 0 Å². The molecule has 1 rings (SSSR count). The Morgan fingerprint density at radius 3 is 2.75 bits per heavy atom. The van der Waals surface area contributed by atoms with Crippen molar-refractivity contribution in [3.63, 3.8) is 0 Å². The zero-order chi connectivity index (χ0) is 12.0. The fourth-order valence-electron chi connectivity index (χ4n) is 1.59. The van der Waals surface area contributed by atoms with Gasteiger partial charge < -0.3 is 10.4 Å². The Bertz CT molecular complexity index is 296. The van der Waals surface area contributed by atoms with Crippen molar-refractivity contribution < 1.29 is 5.11 Å². The minimum Gasteiger partial charge on any atom is -0.388 e. The summed E-state index contributed by atoms with van der Waals surface area (Å²) in [4.78, 5) is 4.22. The van der Waals surface area contributed by atoms with Gasteiger partial charge >= 0.3 is 0 Å². The van der Waals surface area contributed by atoms with E-state index in [1.165, 1.54) is 0 Å². The second-order valence-corrected chi connectivity index (χ2v) is 5.02. The van der Waals surface area contributed by atoms with Crippen LogP contribution in [-0.4, -0.2) is 28.8 Å². The van der Waals surface area contributed by atoms with Crippen LogP contribution in [0.2, 0.25) is 0 Å². The maximum atomic E-state index is 10.2. The smallest absolute Gasteiger partial charge is 0.0798 e. The lowest BCUT2D eigenvalue weighted by Gasteiger charge is -2.24. The molecule has 1 atom stereocenters. The van der Waals surface area contributed by atoms with Gasteiger partial charge in [-0.3, -0.25) is 4.98 Å². The molecular weight excluding hydrogens is 200 g/mol. The minimum absolute atomic E-state index is 0.582. The van der Waals surface area contributed by atoms with Gasteiger partial charge in [-0.25, -0.2) is 0 Å². The Morgan fingerprint density at radius 2 is 2.19 bits per heavy atom. The molecule has 0 radical (unpaired) electrons. The highest BCUT2D eigenvalue weighted by atomic mass is 16.3. The average molecular weight is 222 g/mol. The van der Waals surface area contributed by atoms with Gasteiger partial charge in [0.25, 0.3) is 0 Å². The molecular formula is C13H22N2O. The molecule has 0 amide bonds. The van der Waals surface area contributed by atoms with Crippen molar-refractivity contribution in [2.45, 2.75) is 32.8 Å². The van der Waals surface area contributed by atoms with Crippen LogP contribution in [0.3, 0.4) is 0 Å². The predicted octanol–water partition coefficient (Wildman–Crippen LogP) is 1.62. The van der Waals surface area contributed by atoms with Crippen LogP contribution in [0.15, 0.2) is 24.4 Å². The Hall–Kier alpha value is -0.930. The molecule has 2 N–H and O–H groups in total. The van der Waals surface area contributed by atoms with Crippen molar-refractivity contribution in [2.75, 3.05) is 13.1 Å². The maximum Gasteiger partial charge on any atom is 0.0798 e. The van der Waals surface area contributed by atoms with Gasteiger partial charge in [-0.05, 0) is 31.5 Å². The lowest BCUT2D eigenvalue weighted by atomic mass is 9.99. The zero-order valence-corrected chi connectivity index (χ0v) is 10.4. The van der Waals surface area contributed by atoms with Crippen molar-refractivity contribution in [1.29, 1.82) is 0 Å². The van der Waals surface area contributed by atoms with Crippen molar-refractivity contribution in [2.24, 2.45) is 5.92 Å². The molecule has 1 heterocycles. The van der Waals surface area contributed by atoms with Gasteiger partial charge in [0.15, 0.2) is 0 Å².